The van der Waals surface area contributed by atoms with Crippen LogP contribution in [0.5, 0.6) is 0 Å². The first-order chi connectivity index (χ1) is 8.20. The van der Waals surface area contributed by atoms with Gasteiger partial charge in [-0.05, 0) is 36.7 Å². The second-order valence-electron chi connectivity index (χ2n) is 3.96. The van der Waals surface area contributed by atoms with E-state index in [0.29, 0.717) is 5.58 Å². The Kier molecular flexibility index (Phi) is 3.44. The van der Waals surface area contributed by atoms with Gasteiger partial charge in [0.15, 0.2) is 0 Å². The fourth-order valence-electron chi connectivity index (χ4n) is 1.72. The summed E-state index contributed by atoms with van der Waals surface area (Å²) in [5.41, 5.74) is 1.74. The van der Waals surface area contributed by atoms with Gasteiger partial charge in [-0.15, -0.1) is 0 Å². The molecule has 0 unspecified atom stereocenters. The molecule has 0 saturated carbocycles. The summed E-state index contributed by atoms with van der Waals surface area (Å²) in [5.74, 6) is -1.05. The molecule has 2 N–H and O–H groups in total. The molecule has 1 aromatic carbocycles. The van der Waals surface area contributed by atoms with Crippen molar-refractivity contribution in [2.75, 3.05) is 6.54 Å². The van der Waals surface area contributed by atoms with Crippen LogP contribution in [0.25, 0.3) is 11.0 Å². The second-order valence-corrected chi connectivity index (χ2v) is 3.96. The van der Waals surface area contributed by atoms with Gasteiger partial charge in [-0.1, -0.05) is 13.0 Å². The Balaban J connectivity index is 2.21. The van der Waals surface area contributed by atoms with E-state index in [1.54, 1.807) is 6.07 Å². The molecule has 0 spiro atoms. The average Bonchev–Trinajstić information content (AvgIpc) is 2.72. The van der Waals surface area contributed by atoms with Crippen molar-refractivity contribution in [1.82, 2.24) is 5.32 Å². The molecule has 0 fully saturated rings. The summed E-state index contributed by atoms with van der Waals surface area (Å²) in [5, 5.41) is 13.0. The Morgan fingerprint density at radius 1 is 1.41 bits per heavy atom. The van der Waals surface area contributed by atoms with Crippen molar-refractivity contribution in [2.45, 2.75) is 19.9 Å². The maximum atomic E-state index is 10.8. The molecule has 0 aliphatic heterocycles. The molecule has 4 nitrogen and oxygen atoms in total. The molecule has 0 saturated heterocycles. The molecular weight excluding hydrogens is 218 g/mol. The lowest BCUT2D eigenvalue weighted by molar-refractivity contribution is 0.0665. The van der Waals surface area contributed by atoms with E-state index in [2.05, 4.69) is 12.2 Å². The molecule has 1 heterocycles. The molecule has 0 bridgehead atoms. The van der Waals surface area contributed by atoms with Crippen molar-refractivity contribution in [2.24, 2.45) is 0 Å². The van der Waals surface area contributed by atoms with Crippen LogP contribution in [0.1, 0.15) is 29.5 Å². The van der Waals surface area contributed by atoms with E-state index >= 15 is 0 Å². The number of rotatable bonds is 5. The van der Waals surface area contributed by atoms with Crippen LogP contribution in [0, 0.1) is 0 Å². The molecule has 2 rings (SSSR count). The van der Waals surface area contributed by atoms with E-state index in [4.69, 9.17) is 9.52 Å². The Labute approximate surface area is 99.2 Å². The number of carboxylic acid groups (broad SMARTS) is 1. The van der Waals surface area contributed by atoms with Gasteiger partial charge < -0.3 is 14.8 Å². The zero-order valence-electron chi connectivity index (χ0n) is 9.69. The summed E-state index contributed by atoms with van der Waals surface area (Å²) >= 11 is 0. The Hall–Kier alpha value is -1.81. The smallest absolute Gasteiger partial charge is 0.371 e. The molecule has 2 aromatic rings. The van der Waals surface area contributed by atoms with E-state index < -0.39 is 5.97 Å². The topological polar surface area (TPSA) is 62.5 Å². The highest BCUT2D eigenvalue weighted by molar-refractivity contribution is 5.91. The fraction of sp³-hybridized carbons (Fsp3) is 0.308. The largest absolute Gasteiger partial charge is 0.475 e. The normalized spacial score (nSPS) is 10.9. The van der Waals surface area contributed by atoms with Gasteiger partial charge in [-0.3, -0.25) is 0 Å². The van der Waals surface area contributed by atoms with E-state index in [-0.39, 0.29) is 5.76 Å². The van der Waals surface area contributed by atoms with Gasteiger partial charge in [0.1, 0.15) is 5.58 Å². The second kappa shape index (κ2) is 5.01. The third-order valence-corrected chi connectivity index (χ3v) is 2.55. The SMILES string of the molecule is CCCNCc1ccc2oc(C(=O)O)cc2c1. The number of benzene rings is 1. The van der Waals surface area contributed by atoms with Crippen LogP contribution < -0.4 is 5.32 Å². The Bertz CT molecular complexity index is 530. The minimum Gasteiger partial charge on any atom is -0.475 e. The Morgan fingerprint density at radius 3 is 2.94 bits per heavy atom. The molecule has 0 radical (unpaired) electrons. The third-order valence-electron chi connectivity index (χ3n) is 2.55. The van der Waals surface area contributed by atoms with Crippen LogP contribution >= 0.6 is 0 Å². The highest BCUT2D eigenvalue weighted by Crippen LogP contribution is 2.20. The van der Waals surface area contributed by atoms with E-state index in [1.165, 1.54) is 0 Å². The molecule has 17 heavy (non-hydrogen) atoms. The van der Waals surface area contributed by atoms with Gasteiger partial charge in [0.05, 0.1) is 0 Å². The van der Waals surface area contributed by atoms with Crippen LogP contribution in [0.2, 0.25) is 0 Å². The van der Waals surface area contributed by atoms with E-state index in [1.807, 2.05) is 18.2 Å². The van der Waals surface area contributed by atoms with Crippen LogP contribution in [-0.4, -0.2) is 17.6 Å². The van der Waals surface area contributed by atoms with Crippen molar-refractivity contribution in [1.29, 1.82) is 0 Å². The molecule has 0 aliphatic carbocycles. The number of carboxylic acids is 1. The van der Waals surface area contributed by atoms with Crippen molar-refractivity contribution in [3.05, 3.63) is 35.6 Å². The van der Waals surface area contributed by atoms with E-state index in [9.17, 15) is 4.79 Å². The van der Waals surface area contributed by atoms with Crippen molar-refractivity contribution < 1.29 is 14.3 Å². The average molecular weight is 233 g/mol. The highest BCUT2D eigenvalue weighted by Gasteiger charge is 2.10. The fourth-order valence-corrected chi connectivity index (χ4v) is 1.72. The number of carbonyl (C=O) groups is 1. The maximum absolute atomic E-state index is 10.8. The highest BCUT2D eigenvalue weighted by atomic mass is 16.4. The first kappa shape index (κ1) is 11.7. The van der Waals surface area contributed by atoms with Crippen LogP contribution in [0.4, 0.5) is 0 Å². The molecule has 90 valence electrons. The summed E-state index contributed by atoms with van der Waals surface area (Å²) < 4.78 is 5.19. The monoisotopic (exact) mass is 233 g/mol. The van der Waals surface area contributed by atoms with Crippen LogP contribution in [0.3, 0.4) is 0 Å². The number of furan rings is 1. The molecule has 0 atom stereocenters. The summed E-state index contributed by atoms with van der Waals surface area (Å²) in [4.78, 5) is 10.8. The van der Waals surface area contributed by atoms with Crippen LogP contribution in [0.15, 0.2) is 28.7 Å². The van der Waals surface area contributed by atoms with Gasteiger partial charge in [0.25, 0.3) is 0 Å². The quantitative estimate of drug-likeness (QED) is 0.779. The summed E-state index contributed by atoms with van der Waals surface area (Å²) in [6, 6.07) is 7.26. The third kappa shape index (κ3) is 2.65. The number of hydrogen-bond acceptors (Lipinski definition) is 3. The lowest BCUT2D eigenvalue weighted by Gasteiger charge is -2.02. The lowest BCUT2D eigenvalue weighted by atomic mass is 10.1. The number of aromatic carboxylic acids is 1. The molecule has 1 aromatic heterocycles. The molecular formula is C13H15NO3. The molecule has 0 amide bonds. The standard InChI is InChI=1S/C13H15NO3/c1-2-5-14-8-9-3-4-11-10(6-9)7-12(17-11)13(15)16/h3-4,6-7,14H,2,5,8H2,1H3,(H,15,16). The van der Waals surface area contributed by atoms with Crippen molar-refractivity contribution in [3.8, 4) is 0 Å². The zero-order chi connectivity index (χ0) is 12.3. The van der Waals surface area contributed by atoms with Crippen LogP contribution in [-0.2, 0) is 6.54 Å². The number of nitrogens with one attached hydrogen (secondary N) is 1. The summed E-state index contributed by atoms with van der Waals surface area (Å²) in [7, 11) is 0. The van der Waals surface area contributed by atoms with Crippen molar-refractivity contribution >= 4 is 16.9 Å². The summed E-state index contributed by atoms with van der Waals surface area (Å²) in [6.07, 6.45) is 1.09. The van der Waals surface area contributed by atoms with Gasteiger partial charge in [-0.2, -0.15) is 0 Å². The first-order valence-electron chi connectivity index (χ1n) is 5.67. The lowest BCUT2D eigenvalue weighted by Crippen LogP contribution is -2.13. The predicted octanol–water partition coefficient (Wildman–Crippen LogP) is 2.63. The molecule has 4 heteroatoms. The van der Waals surface area contributed by atoms with Gasteiger partial charge in [0.2, 0.25) is 5.76 Å². The predicted molar refractivity (Wildman–Crippen MR) is 65.2 cm³/mol. The number of hydrogen-bond donors (Lipinski definition) is 2. The zero-order valence-corrected chi connectivity index (χ0v) is 9.69. The minimum atomic E-state index is -1.04. The van der Waals surface area contributed by atoms with Gasteiger partial charge in [-0.25, -0.2) is 4.79 Å². The first-order valence-corrected chi connectivity index (χ1v) is 5.67. The Morgan fingerprint density at radius 2 is 2.24 bits per heavy atom. The molecule has 0 aliphatic rings. The number of fused-ring (bicyclic) bond motifs is 1. The van der Waals surface area contributed by atoms with Gasteiger partial charge in [0, 0.05) is 11.9 Å². The van der Waals surface area contributed by atoms with Gasteiger partial charge >= 0.3 is 5.97 Å². The summed E-state index contributed by atoms with van der Waals surface area (Å²) in [6.45, 7) is 3.88. The van der Waals surface area contributed by atoms with E-state index in [0.717, 1.165) is 30.5 Å². The maximum Gasteiger partial charge on any atom is 0.371 e. The minimum absolute atomic E-state index is 0.0151. The van der Waals surface area contributed by atoms with Crippen molar-refractivity contribution in [3.63, 3.8) is 0 Å².